The molecule has 18 heavy (non-hydrogen) atoms. The number of nitrogens with two attached hydrogens (primary N) is 1. The number of likely N-dealkylation sites (tertiary alicyclic amines) is 1. The molecule has 0 bridgehead atoms. The number of nitrogen functional groups attached to an aromatic ring is 1. The molecule has 2 N–H and O–H groups in total. The Bertz CT molecular complexity index is 460. The largest absolute Gasteiger partial charge is 0.397 e. The van der Waals surface area contributed by atoms with Gasteiger partial charge in [-0.25, -0.2) is 0 Å². The maximum Gasteiger partial charge on any atom is 0.270 e. The van der Waals surface area contributed by atoms with Gasteiger partial charge < -0.3 is 15.2 Å². The molecule has 0 aromatic carbocycles. The first kappa shape index (κ1) is 13.0. The zero-order chi connectivity index (χ0) is 13.5. The number of carbonyl (C=O) groups excluding carboxylic acids is 1. The van der Waals surface area contributed by atoms with Crippen molar-refractivity contribution in [3.63, 3.8) is 0 Å². The van der Waals surface area contributed by atoms with Crippen molar-refractivity contribution in [2.24, 2.45) is 5.41 Å². The van der Waals surface area contributed by atoms with E-state index in [2.05, 4.69) is 27.7 Å². The lowest BCUT2D eigenvalue weighted by Gasteiger charge is -2.21. The molecule has 1 fully saturated rings. The van der Waals surface area contributed by atoms with Gasteiger partial charge in [0.05, 0.1) is 5.69 Å². The summed E-state index contributed by atoms with van der Waals surface area (Å²) in [5.41, 5.74) is 7.41. The maximum absolute atomic E-state index is 12.5. The number of nitrogens with zero attached hydrogens (tertiary/aromatic N) is 2. The van der Waals surface area contributed by atoms with Crippen molar-refractivity contribution in [3.05, 3.63) is 18.0 Å². The van der Waals surface area contributed by atoms with Crippen LogP contribution in [0.3, 0.4) is 0 Å². The van der Waals surface area contributed by atoms with Crippen LogP contribution < -0.4 is 5.73 Å². The fraction of sp³-hybridized carbons (Fsp3) is 0.643. The van der Waals surface area contributed by atoms with E-state index in [0.29, 0.717) is 11.4 Å². The fourth-order valence-corrected chi connectivity index (χ4v) is 2.55. The van der Waals surface area contributed by atoms with Gasteiger partial charge in [0.25, 0.3) is 5.91 Å². The van der Waals surface area contributed by atoms with Crippen molar-refractivity contribution in [2.45, 2.75) is 40.2 Å². The summed E-state index contributed by atoms with van der Waals surface area (Å²) < 4.78 is 1.96. The minimum atomic E-state index is 0.103. The topological polar surface area (TPSA) is 51.3 Å². The van der Waals surface area contributed by atoms with Gasteiger partial charge in [0.15, 0.2) is 0 Å². The summed E-state index contributed by atoms with van der Waals surface area (Å²) in [4.78, 5) is 14.5. The molecule has 1 amide bonds. The van der Waals surface area contributed by atoms with E-state index in [-0.39, 0.29) is 17.4 Å². The fourth-order valence-electron chi connectivity index (χ4n) is 2.55. The van der Waals surface area contributed by atoms with Crippen LogP contribution in [0.4, 0.5) is 5.69 Å². The third-order valence-electron chi connectivity index (χ3n) is 3.61. The molecule has 1 aliphatic rings. The molecule has 4 nitrogen and oxygen atoms in total. The molecule has 4 heteroatoms. The van der Waals surface area contributed by atoms with E-state index in [1.807, 2.05) is 15.7 Å². The normalized spacial score (nSPS) is 18.6. The van der Waals surface area contributed by atoms with Gasteiger partial charge in [-0.05, 0) is 31.7 Å². The molecule has 2 rings (SSSR count). The van der Waals surface area contributed by atoms with E-state index in [4.69, 9.17) is 5.73 Å². The third-order valence-corrected chi connectivity index (χ3v) is 3.61. The van der Waals surface area contributed by atoms with Crippen molar-refractivity contribution in [3.8, 4) is 0 Å². The van der Waals surface area contributed by atoms with Crippen LogP contribution in [0.15, 0.2) is 12.3 Å². The zero-order valence-electron chi connectivity index (χ0n) is 11.7. The SMILES string of the molecule is CC(C)n1cc(N)cc1C(=O)N1CCC(C)(C)C1. The molecule has 0 radical (unpaired) electrons. The summed E-state index contributed by atoms with van der Waals surface area (Å²) in [6.07, 6.45) is 2.91. The molecule has 1 aromatic heterocycles. The van der Waals surface area contributed by atoms with Crippen molar-refractivity contribution >= 4 is 11.6 Å². The summed E-state index contributed by atoms with van der Waals surface area (Å²) in [7, 11) is 0. The standard InChI is InChI=1S/C14H23N3O/c1-10(2)17-8-11(15)7-12(17)13(18)16-6-5-14(3,4)9-16/h7-8,10H,5-6,9,15H2,1-4H3. The number of hydrogen-bond donors (Lipinski definition) is 1. The minimum Gasteiger partial charge on any atom is -0.397 e. The summed E-state index contributed by atoms with van der Waals surface area (Å²) in [5, 5.41) is 0. The molecular weight excluding hydrogens is 226 g/mol. The number of anilines is 1. The molecule has 0 spiro atoms. The molecule has 0 aliphatic carbocycles. The van der Waals surface area contributed by atoms with E-state index in [9.17, 15) is 4.79 Å². The molecular formula is C14H23N3O. The van der Waals surface area contributed by atoms with Crippen LogP contribution in [-0.4, -0.2) is 28.5 Å². The summed E-state index contributed by atoms with van der Waals surface area (Å²) in [6, 6.07) is 2.03. The molecule has 0 unspecified atom stereocenters. The average Bonchev–Trinajstić information content (AvgIpc) is 2.80. The second kappa shape index (κ2) is 4.34. The molecule has 100 valence electrons. The highest BCUT2D eigenvalue weighted by Gasteiger charge is 2.33. The predicted octanol–water partition coefficient (Wildman–Crippen LogP) is 2.52. The Labute approximate surface area is 109 Å². The number of amides is 1. The lowest BCUT2D eigenvalue weighted by atomic mass is 9.93. The highest BCUT2D eigenvalue weighted by Crippen LogP contribution is 2.30. The average molecular weight is 249 g/mol. The molecule has 0 atom stereocenters. The lowest BCUT2D eigenvalue weighted by molar-refractivity contribution is 0.0766. The third kappa shape index (κ3) is 2.37. The smallest absolute Gasteiger partial charge is 0.270 e. The molecule has 1 aromatic rings. The van der Waals surface area contributed by atoms with Gasteiger partial charge in [0.1, 0.15) is 5.69 Å². The Hall–Kier alpha value is -1.45. The Morgan fingerprint density at radius 2 is 2.11 bits per heavy atom. The van der Waals surface area contributed by atoms with E-state index in [0.717, 1.165) is 19.5 Å². The van der Waals surface area contributed by atoms with Crippen molar-refractivity contribution < 1.29 is 4.79 Å². The van der Waals surface area contributed by atoms with E-state index in [1.165, 1.54) is 0 Å². The number of aromatic nitrogens is 1. The Morgan fingerprint density at radius 1 is 1.44 bits per heavy atom. The highest BCUT2D eigenvalue weighted by molar-refractivity contribution is 5.94. The first-order valence-corrected chi connectivity index (χ1v) is 6.57. The second-order valence-corrected chi connectivity index (χ2v) is 6.30. The van der Waals surface area contributed by atoms with E-state index in [1.54, 1.807) is 6.07 Å². The summed E-state index contributed by atoms with van der Waals surface area (Å²) >= 11 is 0. The first-order chi connectivity index (χ1) is 8.30. The Balaban J connectivity index is 2.24. The second-order valence-electron chi connectivity index (χ2n) is 6.30. The summed E-state index contributed by atoms with van der Waals surface area (Å²) in [6.45, 7) is 10.2. The van der Waals surface area contributed by atoms with Gasteiger partial charge in [0, 0.05) is 25.3 Å². The van der Waals surface area contributed by atoms with Gasteiger partial charge in [-0.3, -0.25) is 4.79 Å². The van der Waals surface area contributed by atoms with Crippen LogP contribution in [-0.2, 0) is 0 Å². The van der Waals surface area contributed by atoms with Gasteiger partial charge in [-0.2, -0.15) is 0 Å². The maximum atomic E-state index is 12.5. The number of rotatable bonds is 2. The molecule has 1 aliphatic heterocycles. The van der Waals surface area contributed by atoms with Crippen molar-refractivity contribution in [1.29, 1.82) is 0 Å². The van der Waals surface area contributed by atoms with Gasteiger partial charge in [-0.1, -0.05) is 13.8 Å². The van der Waals surface area contributed by atoms with Crippen LogP contribution in [0.5, 0.6) is 0 Å². The molecule has 0 saturated carbocycles. The number of carbonyl (C=O) groups is 1. The minimum absolute atomic E-state index is 0.103. The summed E-state index contributed by atoms with van der Waals surface area (Å²) in [5.74, 6) is 0.103. The van der Waals surface area contributed by atoms with Crippen LogP contribution in [0.2, 0.25) is 0 Å². The highest BCUT2D eigenvalue weighted by atomic mass is 16.2. The van der Waals surface area contributed by atoms with E-state index >= 15 is 0 Å². The van der Waals surface area contributed by atoms with Crippen LogP contribution in [0.1, 0.15) is 50.6 Å². The van der Waals surface area contributed by atoms with Crippen LogP contribution in [0.25, 0.3) is 0 Å². The lowest BCUT2D eigenvalue weighted by Crippen LogP contribution is -2.32. The molecule has 2 heterocycles. The Kier molecular flexibility index (Phi) is 3.13. The number of hydrogen-bond acceptors (Lipinski definition) is 2. The monoisotopic (exact) mass is 249 g/mol. The van der Waals surface area contributed by atoms with Crippen LogP contribution >= 0.6 is 0 Å². The van der Waals surface area contributed by atoms with E-state index < -0.39 is 0 Å². The van der Waals surface area contributed by atoms with Gasteiger partial charge >= 0.3 is 0 Å². The predicted molar refractivity (Wildman–Crippen MR) is 73.5 cm³/mol. The first-order valence-electron chi connectivity index (χ1n) is 6.57. The van der Waals surface area contributed by atoms with Gasteiger partial charge in [0.2, 0.25) is 0 Å². The quantitative estimate of drug-likeness (QED) is 0.875. The van der Waals surface area contributed by atoms with Crippen molar-refractivity contribution in [2.75, 3.05) is 18.8 Å². The van der Waals surface area contributed by atoms with Crippen LogP contribution in [0, 0.1) is 5.41 Å². The van der Waals surface area contributed by atoms with Gasteiger partial charge in [-0.15, -0.1) is 0 Å². The Morgan fingerprint density at radius 3 is 2.61 bits per heavy atom. The van der Waals surface area contributed by atoms with Crippen molar-refractivity contribution in [1.82, 2.24) is 9.47 Å². The molecule has 1 saturated heterocycles. The zero-order valence-corrected chi connectivity index (χ0v) is 11.7.